The van der Waals surface area contributed by atoms with Crippen molar-refractivity contribution in [3.8, 4) is 0 Å². The van der Waals surface area contributed by atoms with Gasteiger partial charge in [-0.15, -0.1) is 0 Å². The molecule has 4 rings (SSSR count). The quantitative estimate of drug-likeness (QED) is 0.931. The van der Waals surface area contributed by atoms with Crippen molar-refractivity contribution in [2.75, 3.05) is 13.2 Å². The summed E-state index contributed by atoms with van der Waals surface area (Å²) in [6, 6.07) is 5.38. The Hall–Kier alpha value is -1.88. The molecule has 2 heterocycles. The van der Waals surface area contributed by atoms with Crippen LogP contribution in [0.2, 0.25) is 0 Å². The molecule has 1 saturated heterocycles. The zero-order valence-corrected chi connectivity index (χ0v) is 11.0. The maximum atomic E-state index is 11.1. The van der Waals surface area contributed by atoms with Crippen molar-refractivity contribution in [1.82, 2.24) is 9.55 Å². The number of rotatable bonds is 3. The SMILES string of the molecule is O=C(O)c1ccc2ncn([C@@H]3COC[C@@H]3C3CC3)c2c1. The number of ether oxygens (including phenoxy) is 1. The van der Waals surface area contributed by atoms with E-state index in [9.17, 15) is 4.79 Å². The van der Waals surface area contributed by atoms with Gasteiger partial charge < -0.3 is 14.4 Å². The van der Waals surface area contributed by atoms with Crippen molar-refractivity contribution in [2.45, 2.75) is 18.9 Å². The monoisotopic (exact) mass is 272 g/mol. The van der Waals surface area contributed by atoms with Crippen molar-refractivity contribution in [3.63, 3.8) is 0 Å². The molecule has 2 aromatic rings. The number of carboxylic acids is 1. The van der Waals surface area contributed by atoms with Crippen molar-refractivity contribution < 1.29 is 14.6 Å². The Kier molecular flexibility index (Phi) is 2.57. The summed E-state index contributed by atoms with van der Waals surface area (Å²) in [6.07, 6.45) is 4.40. The standard InChI is InChI=1S/C15H16N2O3/c18-15(19)10-3-4-12-13(5-10)17(8-16-12)14-7-20-6-11(14)9-1-2-9/h3-5,8-9,11,14H,1-2,6-7H2,(H,18,19)/t11-,14-/m1/s1. The lowest BCUT2D eigenvalue weighted by molar-refractivity contribution is 0.0697. The second kappa shape index (κ2) is 4.31. The van der Waals surface area contributed by atoms with E-state index in [0.29, 0.717) is 18.1 Å². The number of aromatic carboxylic acids is 1. The number of imidazole rings is 1. The van der Waals surface area contributed by atoms with Gasteiger partial charge in [0.2, 0.25) is 0 Å². The first-order valence-corrected chi connectivity index (χ1v) is 7.01. The highest BCUT2D eigenvalue weighted by atomic mass is 16.5. The lowest BCUT2D eigenvalue weighted by atomic mass is 9.98. The normalized spacial score (nSPS) is 26.2. The molecule has 1 aromatic carbocycles. The van der Waals surface area contributed by atoms with Crippen LogP contribution in [-0.2, 0) is 4.74 Å². The predicted octanol–water partition coefficient (Wildman–Crippen LogP) is 2.33. The second-order valence-corrected chi connectivity index (χ2v) is 5.77. The minimum absolute atomic E-state index is 0.288. The second-order valence-electron chi connectivity index (χ2n) is 5.77. The van der Waals surface area contributed by atoms with Crippen LogP contribution in [0.4, 0.5) is 0 Å². The fourth-order valence-corrected chi connectivity index (χ4v) is 3.24. The summed E-state index contributed by atoms with van der Waals surface area (Å²) in [5.41, 5.74) is 2.05. The number of carbonyl (C=O) groups is 1. The lowest BCUT2D eigenvalue weighted by Crippen LogP contribution is -2.18. The molecule has 5 nitrogen and oxygen atoms in total. The summed E-state index contributed by atoms with van der Waals surface area (Å²) in [5, 5.41) is 9.13. The molecular formula is C15H16N2O3. The fraction of sp³-hybridized carbons (Fsp3) is 0.467. The minimum Gasteiger partial charge on any atom is -0.478 e. The third-order valence-corrected chi connectivity index (χ3v) is 4.50. The first-order chi connectivity index (χ1) is 9.74. The highest BCUT2D eigenvalue weighted by Gasteiger charge is 2.41. The van der Waals surface area contributed by atoms with Gasteiger partial charge in [-0.05, 0) is 37.0 Å². The molecule has 0 spiro atoms. The van der Waals surface area contributed by atoms with Crippen LogP contribution in [0.3, 0.4) is 0 Å². The molecular weight excluding hydrogens is 256 g/mol. The van der Waals surface area contributed by atoms with Crippen LogP contribution in [0.15, 0.2) is 24.5 Å². The Morgan fingerprint density at radius 2 is 2.20 bits per heavy atom. The summed E-state index contributed by atoms with van der Waals surface area (Å²) in [5.74, 6) is 0.407. The van der Waals surface area contributed by atoms with Gasteiger partial charge >= 0.3 is 5.97 Å². The van der Waals surface area contributed by atoms with Crippen LogP contribution in [-0.4, -0.2) is 33.8 Å². The summed E-state index contributed by atoms with van der Waals surface area (Å²) >= 11 is 0. The van der Waals surface area contributed by atoms with Crippen molar-refractivity contribution in [3.05, 3.63) is 30.1 Å². The summed E-state index contributed by atoms with van der Waals surface area (Å²) in [4.78, 5) is 15.5. The number of carboxylic acid groups (broad SMARTS) is 1. The first kappa shape index (κ1) is 11.9. The molecule has 2 atom stereocenters. The average molecular weight is 272 g/mol. The Morgan fingerprint density at radius 3 is 2.95 bits per heavy atom. The summed E-state index contributed by atoms with van der Waals surface area (Å²) in [6.45, 7) is 1.51. The summed E-state index contributed by atoms with van der Waals surface area (Å²) < 4.78 is 7.77. The molecule has 1 aromatic heterocycles. The fourth-order valence-electron chi connectivity index (χ4n) is 3.24. The number of benzene rings is 1. The number of fused-ring (bicyclic) bond motifs is 1. The van der Waals surface area contributed by atoms with Gasteiger partial charge in [-0.25, -0.2) is 9.78 Å². The molecule has 1 saturated carbocycles. The van der Waals surface area contributed by atoms with Crippen LogP contribution < -0.4 is 0 Å². The number of aromatic nitrogens is 2. The van der Waals surface area contributed by atoms with Gasteiger partial charge in [0.05, 0.1) is 42.2 Å². The lowest BCUT2D eigenvalue weighted by Gasteiger charge is -2.19. The Morgan fingerprint density at radius 1 is 1.35 bits per heavy atom. The van der Waals surface area contributed by atoms with E-state index >= 15 is 0 Å². The van der Waals surface area contributed by atoms with E-state index in [2.05, 4.69) is 9.55 Å². The maximum Gasteiger partial charge on any atom is 0.335 e. The number of nitrogens with zero attached hydrogens (tertiary/aromatic N) is 2. The molecule has 2 fully saturated rings. The van der Waals surface area contributed by atoms with Gasteiger partial charge in [0.1, 0.15) is 0 Å². The van der Waals surface area contributed by atoms with Crippen molar-refractivity contribution in [2.24, 2.45) is 11.8 Å². The highest BCUT2D eigenvalue weighted by molar-refractivity contribution is 5.92. The molecule has 0 radical (unpaired) electrons. The van der Waals surface area contributed by atoms with E-state index in [1.54, 1.807) is 18.2 Å². The minimum atomic E-state index is -0.902. The molecule has 1 N–H and O–H groups in total. The zero-order chi connectivity index (χ0) is 13.7. The summed E-state index contributed by atoms with van der Waals surface area (Å²) in [7, 11) is 0. The van der Waals surface area contributed by atoms with Crippen LogP contribution >= 0.6 is 0 Å². The molecule has 0 unspecified atom stereocenters. The molecule has 0 amide bonds. The van der Waals surface area contributed by atoms with Gasteiger partial charge in [-0.2, -0.15) is 0 Å². The molecule has 1 aliphatic carbocycles. The first-order valence-electron chi connectivity index (χ1n) is 7.01. The largest absolute Gasteiger partial charge is 0.478 e. The Labute approximate surface area is 116 Å². The zero-order valence-electron chi connectivity index (χ0n) is 11.0. The Balaban J connectivity index is 1.78. The molecule has 0 bridgehead atoms. The van der Waals surface area contributed by atoms with E-state index in [0.717, 1.165) is 23.6 Å². The van der Waals surface area contributed by atoms with E-state index in [4.69, 9.17) is 9.84 Å². The third kappa shape index (κ3) is 1.81. The predicted molar refractivity (Wildman–Crippen MR) is 72.8 cm³/mol. The van der Waals surface area contributed by atoms with Crippen LogP contribution in [0.5, 0.6) is 0 Å². The smallest absolute Gasteiger partial charge is 0.335 e. The molecule has 1 aliphatic heterocycles. The maximum absolute atomic E-state index is 11.1. The van der Waals surface area contributed by atoms with Crippen molar-refractivity contribution >= 4 is 17.0 Å². The van der Waals surface area contributed by atoms with Gasteiger partial charge in [0, 0.05) is 5.92 Å². The van der Waals surface area contributed by atoms with E-state index in [1.165, 1.54) is 12.8 Å². The van der Waals surface area contributed by atoms with Gasteiger partial charge in [-0.3, -0.25) is 0 Å². The van der Waals surface area contributed by atoms with Gasteiger partial charge in [0.25, 0.3) is 0 Å². The van der Waals surface area contributed by atoms with Crippen LogP contribution in [0.1, 0.15) is 29.2 Å². The van der Waals surface area contributed by atoms with E-state index in [-0.39, 0.29) is 6.04 Å². The average Bonchev–Trinajstić information content (AvgIpc) is 3.02. The van der Waals surface area contributed by atoms with E-state index in [1.807, 2.05) is 6.33 Å². The molecule has 5 heteroatoms. The van der Waals surface area contributed by atoms with E-state index < -0.39 is 5.97 Å². The highest BCUT2D eigenvalue weighted by Crippen LogP contribution is 2.45. The Bertz CT molecular complexity index is 675. The number of hydrogen-bond acceptors (Lipinski definition) is 3. The molecule has 20 heavy (non-hydrogen) atoms. The topological polar surface area (TPSA) is 64.3 Å². The third-order valence-electron chi connectivity index (χ3n) is 4.50. The molecule has 2 aliphatic rings. The van der Waals surface area contributed by atoms with Gasteiger partial charge in [-0.1, -0.05) is 0 Å². The van der Waals surface area contributed by atoms with Crippen LogP contribution in [0, 0.1) is 11.8 Å². The van der Waals surface area contributed by atoms with Gasteiger partial charge in [0.15, 0.2) is 0 Å². The molecule has 104 valence electrons. The van der Waals surface area contributed by atoms with Crippen LogP contribution in [0.25, 0.3) is 11.0 Å². The van der Waals surface area contributed by atoms with Crippen molar-refractivity contribution in [1.29, 1.82) is 0 Å². The number of hydrogen-bond donors (Lipinski definition) is 1.